The van der Waals surface area contributed by atoms with Gasteiger partial charge in [0.15, 0.2) is 12.6 Å². The summed E-state index contributed by atoms with van der Waals surface area (Å²) < 4.78 is 21.5. The minimum atomic E-state index is -0.319. The first kappa shape index (κ1) is 10.9. The number of alkyl halides is 2. The summed E-state index contributed by atoms with van der Waals surface area (Å²) in [6.07, 6.45) is -0.820. The highest BCUT2D eigenvalue weighted by atomic mass is 35.5. The summed E-state index contributed by atoms with van der Waals surface area (Å²) in [6, 6.07) is 0. The van der Waals surface area contributed by atoms with Crippen LogP contribution in [0.2, 0.25) is 0 Å². The molecule has 2 fully saturated rings. The Morgan fingerprint density at radius 1 is 0.857 bits per heavy atom. The van der Waals surface area contributed by atoms with Crippen LogP contribution in [0.25, 0.3) is 0 Å². The zero-order valence-electron chi connectivity index (χ0n) is 7.53. The van der Waals surface area contributed by atoms with Crippen molar-refractivity contribution in [2.24, 2.45) is 0 Å². The molecule has 4 nitrogen and oxygen atoms in total. The van der Waals surface area contributed by atoms with E-state index in [4.69, 9.17) is 42.1 Å². The molecule has 14 heavy (non-hydrogen) atoms. The van der Waals surface area contributed by atoms with Gasteiger partial charge in [0.1, 0.15) is 12.2 Å². The van der Waals surface area contributed by atoms with Crippen molar-refractivity contribution >= 4 is 23.2 Å². The van der Waals surface area contributed by atoms with Crippen LogP contribution in [-0.2, 0) is 18.9 Å². The fourth-order valence-corrected chi connectivity index (χ4v) is 1.83. The second-order valence-corrected chi connectivity index (χ2v) is 3.80. The maximum atomic E-state index is 5.59. The first-order valence-electron chi connectivity index (χ1n) is 4.49. The van der Waals surface area contributed by atoms with Gasteiger partial charge in [0, 0.05) is 0 Å². The summed E-state index contributed by atoms with van der Waals surface area (Å²) in [5.74, 6) is 0.673. The molecule has 0 unspecified atom stereocenters. The highest BCUT2D eigenvalue weighted by Gasteiger charge is 2.38. The van der Waals surface area contributed by atoms with Crippen molar-refractivity contribution in [2.75, 3.05) is 25.0 Å². The van der Waals surface area contributed by atoms with Crippen LogP contribution in [0, 0.1) is 0 Å². The van der Waals surface area contributed by atoms with E-state index in [1.165, 1.54) is 0 Å². The summed E-state index contributed by atoms with van der Waals surface area (Å²) in [5, 5.41) is 0. The first-order chi connectivity index (χ1) is 6.83. The van der Waals surface area contributed by atoms with Gasteiger partial charge in [-0.25, -0.2) is 0 Å². The molecule has 4 atom stereocenters. The largest absolute Gasteiger partial charge is 0.349 e. The van der Waals surface area contributed by atoms with Gasteiger partial charge in [0.05, 0.1) is 25.0 Å². The third-order valence-corrected chi connectivity index (χ3v) is 2.72. The lowest BCUT2D eigenvalue weighted by Gasteiger charge is -2.15. The highest BCUT2D eigenvalue weighted by molar-refractivity contribution is 6.18. The second kappa shape index (κ2) is 4.96. The molecule has 0 amide bonds. The topological polar surface area (TPSA) is 36.9 Å². The lowest BCUT2D eigenvalue weighted by molar-refractivity contribution is -0.0897. The number of hydrogen-bond donors (Lipinski definition) is 0. The van der Waals surface area contributed by atoms with Crippen LogP contribution >= 0.6 is 23.2 Å². The fraction of sp³-hybridized carbons (Fsp3) is 1.00. The molecule has 0 saturated carbocycles. The van der Waals surface area contributed by atoms with Gasteiger partial charge in [-0.15, -0.1) is 23.2 Å². The average Bonchev–Trinajstić information content (AvgIpc) is 2.86. The molecule has 2 aliphatic rings. The molecule has 0 bridgehead atoms. The summed E-state index contributed by atoms with van der Waals surface area (Å²) >= 11 is 11.2. The number of rotatable bonds is 3. The molecule has 2 rings (SSSR count). The maximum Gasteiger partial charge on any atom is 0.171 e. The van der Waals surface area contributed by atoms with Crippen LogP contribution in [0.5, 0.6) is 0 Å². The summed E-state index contributed by atoms with van der Waals surface area (Å²) in [4.78, 5) is 0. The summed E-state index contributed by atoms with van der Waals surface area (Å²) in [7, 11) is 0. The Morgan fingerprint density at radius 2 is 1.29 bits per heavy atom. The molecule has 0 N–H and O–H groups in total. The van der Waals surface area contributed by atoms with Crippen molar-refractivity contribution in [2.45, 2.75) is 24.8 Å². The quantitative estimate of drug-likeness (QED) is 0.691. The van der Waals surface area contributed by atoms with Crippen LogP contribution in [0.15, 0.2) is 0 Å². The Labute approximate surface area is 92.3 Å². The van der Waals surface area contributed by atoms with Gasteiger partial charge in [0.2, 0.25) is 0 Å². The molecular weight excluding hydrogens is 231 g/mol. The third-order valence-electron chi connectivity index (χ3n) is 2.21. The lowest BCUT2D eigenvalue weighted by atomic mass is 10.2. The molecular formula is C8H12Cl2O4. The predicted octanol–water partition coefficient (Wildman–Crippen LogP) is 0.947. The monoisotopic (exact) mass is 242 g/mol. The van der Waals surface area contributed by atoms with E-state index < -0.39 is 0 Å². The van der Waals surface area contributed by atoms with E-state index in [2.05, 4.69) is 0 Å². The molecule has 0 radical (unpaired) electrons. The summed E-state index contributed by atoms with van der Waals surface area (Å²) in [5.41, 5.74) is 0. The molecule has 2 aliphatic heterocycles. The van der Waals surface area contributed by atoms with Crippen molar-refractivity contribution in [3.63, 3.8) is 0 Å². The van der Waals surface area contributed by atoms with Gasteiger partial charge in [-0.05, 0) is 0 Å². The van der Waals surface area contributed by atoms with Crippen molar-refractivity contribution in [3.05, 3.63) is 0 Å². The average molecular weight is 243 g/mol. The Bertz CT molecular complexity index is 172. The van der Waals surface area contributed by atoms with Gasteiger partial charge in [0.25, 0.3) is 0 Å². The van der Waals surface area contributed by atoms with Crippen molar-refractivity contribution < 1.29 is 18.9 Å². The maximum absolute atomic E-state index is 5.59. The normalized spacial score (nSPS) is 43.3. The van der Waals surface area contributed by atoms with Crippen LogP contribution in [0.4, 0.5) is 0 Å². The van der Waals surface area contributed by atoms with Crippen molar-refractivity contribution in [1.29, 1.82) is 0 Å². The van der Waals surface area contributed by atoms with Gasteiger partial charge < -0.3 is 18.9 Å². The SMILES string of the molecule is ClC[C@H]1OC[C@H]([C@H]2CO[C@H](CCl)O2)O1. The van der Waals surface area contributed by atoms with E-state index in [0.29, 0.717) is 25.0 Å². The minimum Gasteiger partial charge on any atom is -0.349 e. The standard InChI is InChI=1S/C8H12Cl2O4/c9-1-7-11-3-5(13-7)6-4-12-8(2-10)14-6/h5-8H,1-4H2/t5-,6-,7+,8+/m1/s1. The molecule has 0 aromatic rings. The Morgan fingerprint density at radius 3 is 1.57 bits per heavy atom. The zero-order chi connectivity index (χ0) is 9.97. The Balaban J connectivity index is 1.80. The fourth-order valence-electron chi connectivity index (χ4n) is 1.50. The number of hydrogen-bond acceptors (Lipinski definition) is 4. The van der Waals surface area contributed by atoms with Crippen LogP contribution in [0.3, 0.4) is 0 Å². The Kier molecular flexibility index (Phi) is 3.87. The highest BCUT2D eigenvalue weighted by Crippen LogP contribution is 2.23. The van der Waals surface area contributed by atoms with E-state index in [9.17, 15) is 0 Å². The molecule has 2 heterocycles. The molecule has 0 aliphatic carbocycles. The summed E-state index contributed by atoms with van der Waals surface area (Å²) in [6.45, 7) is 1.00. The smallest absolute Gasteiger partial charge is 0.171 e. The van der Waals surface area contributed by atoms with Crippen LogP contribution in [-0.4, -0.2) is 49.8 Å². The van der Waals surface area contributed by atoms with E-state index in [0.717, 1.165) is 0 Å². The molecule has 6 heteroatoms. The van der Waals surface area contributed by atoms with Crippen LogP contribution < -0.4 is 0 Å². The van der Waals surface area contributed by atoms with E-state index in [1.54, 1.807) is 0 Å². The first-order valence-corrected chi connectivity index (χ1v) is 5.56. The molecule has 2 saturated heterocycles. The molecule has 0 aromatic heterocycles. The number of halogens is 2. The van der Waals surface area contributed by atoms with Gasteiger partial charge in [-0.3, -0.25) is 0 Å². The molecule has 82 valence electrons. The van der Waals surface area contributed by atoms with E-state index >= 15 is 0 Å². The van der Waals surface area contributed by atoms with Crippen molar-refractivity contribution in [1.82, 2.24) is 0 Å². The van der Waals surface area contributed by atoms with E-state index in [-0.39, 0.29) is 24.8 Å². The third kappa shape index (κ3) is 2.32. The van der Waals surface area contributed by atoms with Gasteiger partial charge >= 0.3 is 0 Å². The predicted molar refractivity (Wildman–Crippen MR) is 50.7 cm³/mol. The van der Waals surface area contributed by atoms with E-state index in [1.807, 2.05) is 0 Å². The Hall–Kier alpha value is 0.420. The van der Waals surface area contributed by atoms with Gasteiger partial charge in [-0.1, -0.05) is 0 Å². The minimum absolute atomic E-state index is 0.0908. The molecule has 0 aromatic carbocycles. The van der Waals surface area contributed by atoms with Crippen LogP contribution in [0.1, 0.15) is 0 Å². The van der Waals surface area contributed by atoms with Crippen molar-refractivity contribution in [3.8, 4) is 0 Å². The zero-order valence-corrected chi connectivity index (χ0v) is 9.04. The van der Waals surface area contributed by atoms with Gasteiger partial charge in [-0.2, -0.15) is 0 Å². The lowest BCUT2D eigenvalue weighted by Crippen LogP contribution is -2.31. The second-order valence-electron chi connectivity index (χ2n) is 3.18. The number of ether oxygens (including phenoxy) is 4. The molecule has 0 spiro atoms.